The molecule has 0 aromatic carbocycles. The van der Waals surface area contributed by atoms with E-state index in [-0.39, 0.29) is 0 Å². The minimum absolute atomic E-state index is 0.436. The van der Waals surface area contributed by atoms with Crippen LogP contribution in [0.2, 0.25) is 0 Å². The summed E-state index contributed by atoms with van der Waals surface area (Å²) < 4.78 is 5.14. The lowest BCUT2D eigenvalue weighted by molar-refractivity contribution is 0.177. The van der Waals surface area contributed by atoms with Crippen LogP contribution in [0.15, 0.2) is 24.4 Å². The summed E-state index contributed by atoms with van der Waals surface area (Å²) >= 11 is 0. The highest BCUT2D eigenvalue weighted by molar-refractivity contribution is 5.50. The third-order valence-electron chi connectivity index (χ3n) is 3.90. The maximum atomic E-state index is 5.64. The number of nitrogens with two attached hydrogens (primary N) is 1. The number of anilines is 3. The van der Waals surface area contributed by atoms with Gasteiger partial charge in [0.1, 0.15) is 18.2 Å². The molecule has 1 saturated heterocycles. The highest BCUT2D eigenvalue weighted by atomic mass is 16.5. The number of ether oxygens (including phenoxy) is 1. The van der Waals surface area contributed by atoms with Crippen molar-refractivity contribution in [1.29, 1.82) is 0 Å². The van der Waals surface area contributed by atoms with Gasteiger partial charge in [0.2, 0.25) is 0 Å². The summed E-state index contributed by atoms with van der Waals surface area (Å²) in [5, 5.41) is 0. The number of rotatable bonds is 4. The summed E-state index contributed by atoms with van der Waals surface area (Å²) in [5.74, 6) is 2.25. The molecule has 7 nitrogen and oxygen atoms in total. The summed E-state index contributed by atoms with van der Waals surface area (Å²) in [6, 6.07) is 5.88. The Bertz CT molecular complexity index is 652. The Morgan fingerprint density at radius 3 is 2.52 bits per heavy atom. The summed E-state index contributed by atoms with van der Waals surface area (Å²) in [4.78, 5) is 17.8. The Morgan fingerprint density at radius 1 is 1.13 bits per heavy atom. The average molecular weight is 314 g/mol. The van der Waals surface area contributed by atoms with Gasteiger partial charge in [-0.25, -0.2) is 15.0 Å². The minimum Gasteiger partial charge on any atom is -0.384 e. The topological polar surface area (TPSA) is 80.4 Å². The van der Waals surface area contributed by atoms with Gasteiger partial charge in [-0.15, -0.1) is 0 Å². The highest BCUT2D eigenvalue weighted by Crippen LogP contribution is 2.20. The van der Waals surface area contributed by atoms with Gasteiger partial charge in [0.25, 0.3) is 0 Å². The van der Waals surface area contributed by atoms with E-state index in [2.05, 4.69) is 24.8 Å². The maximum absolute atomic E-state index is 5.64. The first kappa shape index (κ1) is 15.5. The van der Waals surface area contributed by atoms with E-state index in [0.717, 1.165) is 49.2 Å². The number of nitrogens with zero attached hydrogens (tertiary/aromatic N) is 5. The zero-order valence-corrected chi connectivity index (χ0v) is 13.6. The van der Waals surface area contributed by atoms with Gasteiger partial charge in [-0.1, -0.05) is 0 Å². The van der Waals surface area contributed by atoms with Crippen molar-refractivity contribution in [2.75, 3.05) is 48.8 Å². The van der Waals surface area contributed by atoms with Gasteiger partial charge in [-0.2, -0.15) is 0 Å². The Labute approximate surface area is 136 Å². The molecule has 1 aliphatic rings. The van der Waals surface area contributed by atoms with Gasteiger partial charge in [0.15, 0.2) is 5.82 Å². The molecule has 0 atom stereocenters. The molecule has 0 bridgehead atoms. The van der Waals surface area contributed by atoms with Gasteiger partial charge in [-0.05, 0) is 19.1 Å². The smallest absolute Gasteiger partial charge is 0.156 e. The number of aryl methyl sites for hydroxylation is 1. The quantitative estimate of drug-likeness (QED) is 0.909. The van der Waals surface area contributed by atoms with Gasteiger partial charge in [0, 0.05) is 45.0 Å². The van der Waals surface area contributed by atoms with Gasteiger partial charge >= 0.3 is 0 Å². The lowest BCUT2D eigenvalue weighted by Gasteiger charge is -2.36. The van der Waals surface area contributed by atoms with Crippen LogP contribution in [0.3, 0.4) is 0 Å². The SMILES string of the molecule is COCc1nc(C)cc(N2CCN(c3ccc(N)nc3)CC2)n1. The summed E-state index contributed by atoms with van der Waals surface area (Å²) in [7, 11) is 1.66. The molecule has 2 N–H and O–H groups in total. The molecule has 0 unspecified atom stereocenters. The second-order valence-corrected chi connectivity index (χ2v) is 5.63. The largest absolute Gasteiger partial charge is 0.384 e. The van der Waals surface area contributed by atoms with Crippen LogP contribution in [-0.4, -0.2) is 48.2 Å². The van der Waals surface area contributed by atoms with Crippen molar-refractivity contribution in [1.82, 2.24) is 15.0 Å². The van der Waals surface area contributed by atoms with Crippen LogP contribution in [0.25, 0.3) is 0 Å². The summed E-state index contributed by atoms with van der Waals surface area (Å²) in [6.07, 6.45) is 1.83. The molecule has 23 heavy (non-hydrogen) atoms. The van der Waals surface area contributed by atoms with Crippen molar-refractivity contribution < 1.29 is 4.74 Å². The van der Waals surface area contributed by atoms with Crippen LogP contribution >= 0.6 is 0 Å². The predicted molar refractivity (Wildman–Crippen MR) is 90.6 cm³/mol. The van der Waals surface area contributed by atoms with Crippen molar-refractivity contribution in [2.24, 2.45) is 0 Å². The fraction of sp³-hybridized carbons (Fsp3) is 0.438. The zero-order valence-electron chi connectivity index (χ0n) is 13.6. The Kier molecular flexibility index (Phi) is 4.57. The monoisotopic (exact) mass is 314 g/mol. The number of nitrogen functional groups attached to an aromatic ring is 1. The van der Waals surface area contributed by atoms with E-state index in [4.69, 9.17) is 10.5 Å². The van der Waals surface area contributed by atoms with Crippen LogP contribution in [0.4, 0.5) is 17.3 Å². The fourth-order valence-corrected chi connectivity index (χ4v) is 2.75. The van der Waals surface area contributed by atoms with E-state index in [0.29, 0.717) is 12.4 Å². The third-order valence-corrected chi connectivity index (χ3v) is 3.90. The van der Waals surface area contributed by atoms with Crippen molar-refractivity contribution in [3.05, 3.63) is 35.9 Å². The van der Waals surface area contributed by atoms with E-state index in [1.165, 1.54) is 0 Å². The lowest BCUT2D eigenvalue weighted by Crippen LogP contribution is -2.47. The van der Waals surface area contributed by atoms with E-state index >= 15 is 0 Å². The Hall–Kier alpha value is -2.41. The Balaban J connectivity index is 1.68. The predicted octanol–water partition coefficient (Wildman–Crippen LogP) is 1.24. The van der Waals surface area contributed by atoms with E-state index in [1.807, 2.05) is 31.3 Å². The van der Waals surface area contributed by atoms with Crippen LogP contribution < -0.4 is 15.5 Å². The van der Waals surface area contributed by atoms with Gasteiger partial charge in [0.05, 0.1) is 11.9 Å². The maximum Gasteiger partial charge on any atom is 0.156 e. The first-order valence-electron chi connectivity index (χ1n) is 7.70. The molecular weight excluding hydrogens is 292 g/mol. The summed E-state index contributed by atoms with van der Waals surface area (Å²) in [5.41, 5.74) is 7.72. The van der Waals surface area contributed by atoms with E-state index in [1.54, 1.807) is 7.11 Å². The second-order valence-electron chi connectivity index (χ2n) is 5.63. The normalized spacial score (nSPS) is 15.0. The molecule has 2 aromatic heterocycles. The molecule has 0 radical (unpaired) electrons. The molecule has 1 fully saturated rings. The molecule has 122 valence electrons. The van der Waals surface area contributed by atoms with Crippen LogP contribution in [0.5, 0.6) is 0 Å². The van der Waals surface area contributed by atoms with Crippen molar-refractivity contribution in [3.63, 3.8) is 0 Å². The molecule has 7 heteroatoms. The van der Waals surface area contributed by atoms with Gasteiger partial charge in [-0.3, -0.25) is 0 Å². The van der Waals surface area contributed by atoms with Gasteiger partial charge < -0.3 is 20.3 Å². The van der Waals surface area contributed by atoms with Crippen molar-refractivity contribution in [3.8, 4) is 0 Å². The molecule has 0 saturated carbocycles. The van der Waals surface area contributed by atoms with Crippen LogP contribution in [-0.2, 0) is 11.3 Å². The number of hydrogen-bond acceptors (Lipinski definition) is 7. The molecule has 0 spiro atoms. The molecule has 3 heterocycles. The highest BCUT2D eigenvalue weighted by Gasteiger charge is 2.19. The Morgan fingerprint density at radius 2 is 1.87 bits per heavy atom. The molecule has 2 aromatic rings. The van der Waals surface area contributed by atoms with E-state index in [9.17, 15) is 0 Å². The number of piperazine rings is 1. The van der Waals surface area contributed by atoms with Crippen LogP contribution in [0, 0.1) is 6.92 Å². The number of pyridine rings is 1. The number of hydrogen-bond donors (Lipinski definition) is 1. The second kappa shape index (κ2) is 6.78. The molecule has 1 aliphatic heterocycles. The standard InChI is InChI=1S/C16H22N6O/c1-12-9-16(20-15(19-12)11-23-2)22-7-5-21(6-8-22)13-3-4-14(17)18-10-13/h3-4,9-10H,5-8,11H2,1-2H3,(H2,17,18). The van der Waals surface area contributed by atoms with Crippen molar-refractivity contribution >= 4 is 17.3 Å². The zero-order chi connectivity index (χ0) is 16.2. The third kappa shape index (κ3) is 3.68. The fourth-order valence-electron chi connectivity index (χ4n) is 2.75. The molecule has 0 amide bonds. The first-order valence-corrected chi connectivity index (χ1v) is 7.70. The average Bonchev–Trinajstić information content (AvgIpc) is 2.55. The number of aromatic nitrogens is 3. The molecule has 0 aliphatic carbocycles. The first-order chi connectivity index (χ1) is 11.2. The lowest BCUT2D eigenvalue weighted by atomic mass is 10.2. The molecule has 3 rings (SSSR count). The van der Waals surface area contributed by atoms with Crippen molar-refractivity contribution in [2.45, 2.75) is 13.5 Å². The van der Waals surface area contributed by atoms with Crippen LogP contribution in [0.1, 0.15) is 11.5 Å². The minimum atomic E-state index is 0.436. The number of methoxy groups -OCH3 is 1. The summed E-state index contributed by atoms with van der Waals surface area (Å²) in [6.45, 7) is 6.09. The van der Waals surface area contributed by atoms with E-state index < -0.39 is 0 Å². The molecular formula is C16H22N6O.